The van der Waals surface area contributed by atoms with Crippen molar-refractivity contribution < 1.29 is 31.1 Å². The van der Waals surface area contributed by atoms with Crippen LogP contribution < -0.4 is 0 Å². The van der Waals surface area contributed by atoms with E-state index in [2.05, 4.69) is 26.0 Å². The maximum Gasteiger partial charge on any atom is 4.00 e. The first-order chi connectivity index (χ1) is 11.3. The normalized spacial score (nSPS) is 8.04. The molecule has 0 nitrogen and oxygen atoms in total. The molecule has 24 heavy (non-hydrogen) atoms. The summed E-state index contributed by atoms with van der Waals surface area (Å²) in [5.41, 5.74) is 2.37. The van der Waals surface area contributed by atoms with E-state index in [9.17, 15) is 0 Å². The van der Waals surface area contributed by atoms with Crippen LogP contribution in [0.25, 0.3) is 0 Å². The standard InChI is InChI=1S/C8H9.3C5H5.U/c1-7-3-5-8(2)6-4-7;3*1-2-4-5-3-1;/h3-6H,1H2,2H3;3*1-5H;/q4*-1;+4. The Morgan fingerprint density at radius 1 is 0.583 bits per heavy atom. The molecule has 0 N–H and O–H groups in total. The van der Waals surface area contributed by atoms with E-state index in [1.807, 2.05) is 103 Å². The Balaban J connectivity index is 0.000000297. The Morgan fingerprint density at radius 3 is 1.04 bits per heavy atom. The van der Waals surface area contributed by atoms with Crippen molar-refractivity contribution in [1.82, 2.24) is 0 Å². The average molecular weight is 538 g/mol. The molecule has 0 amide bonds. The van der Waals surface area contributed by atoms with Crippen LogP contribution in [0.1, 0.15) is 11.1 Å². The van der Waals surface area contributed by atoms with Crippen molar-refractivity contribution in [1.29, 1.82) is 0 Å². The Kier molecular flexibility index (Phi) is 14.9. The van der Waals surface area contributed by atoms with Gasteiger partial charge in [-0.1, -0.05) is 5.56 Å². The van der Waals surface area contributed by atoms with E-state index in [0.29, 0.717) is 0 Å². The van der Waals surface area contributed by atoms with Crippen molar-refractivity contribution in [2.75, 3.05) is 0 Å². The van der Waals surface area contributed by atoms with Crippen LogP contribution in [-0.2, 0) is 0 Å². The van der Waals surface area contributed by atoms with Gasteiger partial charge >= 0.3 is 31.1 Å². The van der Waals surface area contributed by atoms with Gasteiger partial charge in [-0.15, -0.1) is 12.1 Å². The number of hydrogen-bond acceptors (Lipinski definition) is 0. The summed E-state index contributed by atoms with van der Waals surface area (Å²) >= 11 is 0. The van der Waals surface area contributed by atoms with Crippen molar-refractivity contribution in [2.24, 2.45) is 0 Å². The quantitative estimate of drug-likeness (QED) is 0.228. The molecule has 4 aromatic rings. The predicted octanol–water partition coefficient (Wildman–Crippen LogP) is 6.39. The van der Waals surface area contributed by atoms with Crippen LogP contribution in [-0.4, -0.2) is 0 Å². The van der Waals surface area contributed by atoms with Crippen LogP contribution in [0.3, 0.4) is 0 Å². The SMILES string of the molecule is [CH2-]c1ccc(C)cc1.[U+4].c1cc[cH-]c1.c1cc[cH-]c1.c1cc[cH-]c1. The third-order valence-electron chi connectivity index (χ3n) is 2.79. The molecule has 0 bridgehead atoms. The van der Waals surface area contributed by atoms with Crippen molar-refractivity contribution in [3.63, 3.8) is 0 Å². The molecule has 4 aromatic carbocycles. The second-order valence-electron chi connectivity index (χ2n) is 4.87. The van der Waals surface area contributed by atoms with E-state index in [1.54, 1.807) is 0 Å². The zero-order valence-electron chi connectivity index (χ0n) is 14.2. The van der Waals surface area contributed by atoms with Gasteiger partial charge in [0.25, 0.3) is 0 Å². The van der Waals surface area contributed by atoms with Gasteiger partial charge in [-0.25, -0.2) is 36.4 Å². The summed E-state index contributed by atoms with van der Waals surface area (Å²) in [6.45, 7) is 5.83. The van der Waals surface area contributed by atoms with Gasteiger partial charge in [0, 0.05) is 0 Å². The van der Waals surface area contributed by atoms with Crippen LogP contribution in [0.2, 0.25) is 0 Å². The van der Waals surface area contributed by atoms with E-state index in [0.717, 1.165) is 5.56 Å². The molecule has 0 unspecified atom stereocenters. The fourth-order valence-corrected chi connectivity index (χ4v) is 1.55. The Bertz CT molecular complexity index is 492. The van der Waals surface area contributed by atoms with Gasteiger partial charge in [-0.05, 0) is 6.92 Å². The van der Waals surface area contributed by atoms with Crippen molar-refractivity contribution in [3.8, 4) is 0 Å². The zero-order valence-corrected chi connectivity index (χ0v) is 18.3. The summed E-state index contributed by atoms with van der Waals surface area (Å²) in [5.74, 6) is 0. The van der Waals surface area contributed by atoms with Crippen molar-refractivity contribution in [3.05, 3.63) is 133 Å². The first-order valence-electron chi connectivity index (χ1n) is 7.67. The number of aryl methyl sites for hydroxylation is 1. The van der Waals surface area contributed by atoms with Crippen LogP contribution in [0.5, 0.6) is 0 Å². The van der Waals surface area contributed by atoms with Gasteiger partial charge < -0.3 is 0 Å². The monoisotopic (exact) mass is 538 g/mol. The molecular formula is C23H24U. The maximum atomic E-state index is 3.76. The van der Waals surface area contributed by atoms with Gasteiger partial charge in [0.2, 0.25) is 0 Å². The van der Waals surface area contributed by atoms with Gasteiger partial charge in [-0.2, -0.15) is 79.2 Å². The second-order valence-corrected chi connectivity index (χ2v) is 4.87. The molecule has 0 aliphatic heterocycles. The van der Waals surface area contributed by atoms with Crippen LogP contribution in [0.4, 0.5) is 0 Å². The van der Waals surface area contributed by atoms with Gasteiger partial charge in [0.05, 0.1) is 0 Å². The summed E-state index contributed by atoms with van der Waals surface area (Å²) in [7, 11) is 0. The number of rotatable bonds is 0. The third kappa shape index (κ3) is 13.8. The second kappa shape index (κ2) is 16.1. The first-order valence-corrected chi connectivity index (χ1v) is 7.67. The number of hydrogen-bond donors (Lipinski definition) is 0. The molecule has 0 heterocycles. The molecule has 0 saturated heterocycles. The molecular weight excluding hydrogens is 514 g/mol. The molecule has 1 heteroatoms. The predicted molar refractivity (Wildman–Crippen MR) is 102 cm³/mol. The Morgan fingerprint density at radius 2 is 0.875 bits per heavy atom. The minimum atomic E-state index is 0. The summed E-state index contributed by atoms with van der Waals surface area (Å²) in [4.78, 5) is 0. The average Bonchev–Trinajstić information content (AvgIpc) is 3.34. The Hall–Kier alpha value is -1.81. The van der Waals surface area contributed by atoms with Gasteiger partial charge in [0.15, 0.2) is 0 Å². The summed E-state index contributed by atoms with van der Waals surface area (Å²) in [6.07, 6.45) is 0. The molecule has 0 atom stereocenters. The molecule has 0 aromatic heterocycles. The third-order valence-corrected chi connectivity index (χ3v) is 2.79. The molecule has 0 fully saturated rings. The van der Waals surface area contributed by atoms with Crippen LogP contribution >= 0.6 is 0 Å². The largest absolute Gasteiger partial charge is 4.00 e. The molecule has 0 aliphatic rings. The summed E-state index contributed by atoms with van der Waals surface area (Å²) in [5, 5.41) is 0. The zero-order chi connectivity index (χ0) is 16.6. The van der Waals surface area contributed by atoms with E-state index in [4.69, 9.17) is 0 Å². The Labute approximate surface area is 170 Å². The van der Waals surface area contributed by atoms with Crippen molar-refractivity contribution in [2.45, 2.75) is 6.92 Å². The van der Waals surface area contributed by atoms with Gasteiger partial charge in [-0.3, -0.25) is 0 Å². The summed E-state index contributed by atoms with van der Waals surface area (Å²) in [6, 6.07) is 38.1. The van der Waals surface area contributed by atoms with E-state index in [-0.39, 0.29) is 31.1 Å². The van der Waals surface area contributed by atoms with Crippen molar-refractivity contribution >= 4 is 0 Å². The fourth-order valence-electron chi connectivity index (χ4n) is 1.55. The molecule has 0 aliphatic carbocycles. The van der Waals surface area contributed by atoms with Gasteiger partial charge in [0.1, 0.15) is 0 Å². The van der Waals surface area contributed by atoms with Crippen LogP contribution in [0.15, 0.2) is 115 Å². The fraction of sp³-hybridized carbons (Fsp3) is 0.0435. The smallest absolute Gasteiger partial charge is 0.214 e. The van der Waals surface area contributed by atoms with E-state index in [1.165, 1.54) is 5.56 Å². The van der Waals surface area contributed by atoms with Crippen LogP contribution in [0, 0.1) is 45.0 Å². The maximum absolute atomic E-state index is 3.76. The first kappa shape index (κ1) is 22.2. The minimum absolute atomic E-state index is 0. The van der Waals surface area contributed by atoms with E-state index >= 15 is 0 Å². The molecule has 0 spiro atoms. The van der Waals surface area contributed by atoms with E-state index < -0.39 is 0 Å². The summed E-state index contributed by atoms with van der Waals surface area (Å²) < 4.78 is 0. The minimum Gasteiger partial charge on any atom is -0.214 e. The molecule has 0 radical (unpaired) electrons. The molecule has 0 saturated carbocycles. The molecule has 4 rings (SSSR count). The molecule has 120 valence electrons. The topological polar surface area (TPSA) is 0 Å². The number of benzene rings is 1.